The van der Waals surface area contributed by atoms with Gasteiger partial charge in [-0.2, -0.15) is 0 Å². The maximum absolute atomic E-state index is 9.79. The van der Waals surface area contributed by atoms with E-state index in [4.69, 9.17) is 0 Å². The molecule has 2 rings (SSSR count). The predicted octanol–water partition coefficient (Wildman–Crippen LogP) is 1.86. The molecule has 1 saturated carbocycles. The Balaban J connectivity index is 1.77. The van der Waals surface area contributed by atoms with E-state index in [1.807, 2.05) is 0 Å². The zero-order valence-corrected chi connectivity index (χ0v) is 12.1. The summed E-state index contributed by atoms with van der Waals surface area (Å²) in [5.41, 5.74) is 0. The van der Waals surface area contributed by atoms with Crippen molar-refractivity contribution in [2.45, 2.75) is 58.1 Å². The molecule has 0 spiro atoms. The molecule has 1 heterocycles. The van der Waals surface area contributed by atoms with E-state index < -0.39 is 0 Å². The van der Waals surface area contributed by atoms with Crippen molar-refractivity contribution in [2.24, 2.45) is 11.8 Å². The number of nitrogens with zero attached hydrogens (tertiary/aromatic N) is 1. The van der Waals surface area contributed by atoms with Crippen molar-refractivity contribution in [2.75, 3.05) is 26.2 Å². The van der Waals surface area contributed by atoms with Gasteiger partial charge in [-0.1, -0.05) is 20.3 Å². The lowest BCUT2D eigenvalue weighted by Crippen LogP contribution is -2.46. The molecule has 2 aliphatic rings. The zero-order valence-electron chi connectivity index (χ0n) is 12.1. The van der Waals surface area contributed by atoms with Gasteiger partial charge in [0.2, 0.25) is 0 Å². The monoisotopic (exact) mass is 254 g/mol. The van der Waals surface area contributed by atoms with E-state index in [1.54, 1.807) is 0 Å². The van der Waals surface area contributed by atoms with Gasteiger partial charge in [-0.05, 0) is 44.1 Å². The van der Waals surface area contributed by atoms with Crippen LogP contribution in [0.1, 0.15) is 46.0 Å². The van der Waals surface area contributed by atoms with Crippen LogP contribution in [0.5, 0.6) is 0 Å². The smallest absolute Gasteiger partial charge is 0.0590 e. The van der Waals surface area contributed by atoms with Crippen LogP contribution in [0.4, 0.5) is 0 Å². The van der Waals surface area contributed by atoms with Crippen LogP contribution >= 0.6 is 0 Å². The summed E-state index contributed by atoms with van der Waals surface area (Å²) in [4.78, 5) is 2.58. The molecule has 3 heteroatoms. The van der Waals surface area contributed by atoms with Gasteiger partial charge in [0.15, 0.2) is 0 Å². The summed E-state index contributed by atoms with van der Waals surface area (Å²) in [6.45, 7) is 8.98. The standard InChI is InChI=1S/C15H30N2O/c1-3-8-16-14-6-4-5-13(14)11-17-9-7-15(18)12(2)10-17/h12-16,18H,3-11H2,1-2H3. The molecule has 1 aliphatic carbocycles. The minimum absolute atomic E-state index is 0.0705. The largest absolute Gasteiger partial charge is 0.393 e. The summed E-state index contributed by atoms with van der Waals surface area (Å²) in [5, 5.41) is 13.5. The number of aliphatic hydroxyl groups excluding tert-OH is 1. The summed E-state index contributed by atoms with van der Waals surface area (Å²) in [6, 6.07) is 0.743. The van der Waals surface area contributed by atoms with E-state index in [9.17, 15) is 5.11 Å². The normalized spacial score (nSPS) is 38.2. The summed E-state index contributed by atoms with van der Waals surface area (Å²) < 4.78 is 0. The topological polar surface area (TPSA) is 35.5 Å². The van der Waals surface area contributed by atoms with E-state index in [0.29, 0.717) is 5.92 Å². The fourth-order valence-electron chi connectivity index (χ4n) is 3.57. The number of rotatable bonds is 5. The van der Waals surface area contributed by atoms with Gasteiger partial charge in [0.1, 0.15) is 0 Å². The Labute approximate surface area is 112 Å². The average molecular weight is 254 g/mol. The SMILES string of the molecule is CCCNC1CCCC1CN1CCC(O)C(C)C1. The quantitative estimate of drug-likeness (QED) is 0.786. The molecule has 106 valence electrons. The van der Waals surface area contributed by atoms with Crippen molar-refractivity contribution in [3.63, 3.8) is 0 Å². The highest BCUT2D eigenvalue weighted by Gasteiger charge is 2.31. The van der Waals surface area contributed by atoms with Gasteiger partial charge in [-0.25, -0.2) is 0 Å². The molecule has 0 aromatic heterocycles. The third kappa shape index (κ3) is 3.69. The molecule has 4 atom stereocenters. The molecule has 0 aromatic rings. The van der Waals surface area contributed by atoms with Gasteiger partial charge < -0.3 is 15.3 Å². The average Bonchev–Trinajstić information content (AvgIpc) is 2.79. The lowest BCUT2D eigenvalue weighted by Gasteiger charge is -2.37. The summed E-state index contributed by atoms with van der Waals surface area (Å²) in [5.74, 6) is 1.28. The second-order valence-corrected chi connectivity index (χ2v) is 6.34. The molecule has 1 saturated heterocycles. The molecule has 2 fully saturated rings. The van der Waals surface area contributed by atoms with Gasteiger partial charge in [0.05, 0.1) is 6.10 Å². The Bertz CT molecular complexity index is 247. The molecule has 2 N–H and O–H groups in total. The summed E-state index contributed by atoms with van der Waals surface area (Å²) in [6.07, 6.45) is 6.25. The van der Waals surface area contributed by atoms with Crippen LogP contribution in [0.15, 0.2) is 0 Å². The van der Waals surface area contributed by atoms with Crippen LogP contribution in [0.25, 0.3) is 0 Å². The molecule has 3 nitrogen and oxygen atoms in total. The van der Waals surface area contributed by atoms with Crippen LogP contribution in [-0.2, 0) is 0 Å². The number of nitrogens with one attached hydrogen (secondary N) is 1. The first-order chi connectivity index (χ1) is 8.70. The van der Waals surface area contributed by atoms with Gasteiger partial charge in [0, 0.05) is 25.7 Å². The number of piperidine rings is 1. The fourth-order valence-corrected chi connectivity index (χ4v) is 3.57. The highest BCUT2D eigenvalue weighted by molar-refractivity contribution is 4.87. The van der Waals surface area contributed by atoms with Crippen LogP contribution in [-0.4, -0.2) is 48.3 Å². The highest BCUT2D eigenvalue weighted by atomic mass is 16.3. The molecule has 0 bridgehead atoms. The Morgan fingerprint density at radius 3 is 2.83 bits per heavy atom. The van der Waals surface area contributed by atoms with Crippen LogP contribution < -0.4 is 5.32 Å². The van der Waals surface area contributed by atoms with Crippen LogP contribution in [0.3, 0.4) is 0 Å². The van der Waals surface area contributed by atoms with E-state index >= 15 is 0 Å². The molecule has 0 radical (unpaired) electrons. The minimum Gasteiger partial charge on any atom is -0.393 e. The summed E-state index contributed by atoms with van der Waals surface area (Å²) >= 11 is 0. The van der Waals surface area contributed by atoms with Gasteiger partial charge in [-0.15, -0.1) is 0 Å². The van der Waals surface area contributed by atoms with Crippen molar-refractivity contribution in [1.82, 2.24) is 10.2 Å². The molecule has 1 aliphatic heterocycles. The van der Waals surface area contributed by atoms with Crippen LogP contribution in [0, 0.1) is 11.8 Å². The Morgan fingerprint density at radius 1 is 1.28 bits per heavy atom. The second kappa shape index (κ2) is 6.88. The first kappa shape index (κ1) is 14.3. The van der Waals surface area contributed by atoms with E-state index in [-0.39, 0.29) is 6.10 Å². The highest BCUT2D eigenvalue weighted by Crippen LogP contribution is 2.28. The molecular formula is C15H30N2O. The fraction of sp³-hybridized carbons (Fsp3) is 1.00. The number of hydrogen-bond acceptors (Lipinski definition) is 3. The first-order valence-corrected chi connectivity index (χ1v) is 7.84. The second-order valence-electron chi connectivity index (χ2n) is 6.34. The van der Waals surface area contributed by atoms with E-state index in [0.717, 1.165) is 38.0 Å². The van der Waals surface area contributed by atoms with Crippen molar-refractivity contribution < 1.29 is 5.11 Å². The van der Waals surface area contributed by atoms with Crippen molar-refractivity contribution in [3.05, 3.63) is 0 Å². The number of likely N-dealkylation sites (tertiary alicyclic amines) is 1. The predicted molar refractivity (Wildman–Crippen MR) is 75.7 cm³/mol. The third-order valence-electron chi connectivity index (χ3n) is 4.75. The number of hydrogen-bond donors (Lipinski definition) is 2. The number of aliphatic hydroxyl groups is 1. The first-order valence-electron chi connectivity index (χ1n) is 7.84. The van der Waals surface area contributed by atoms with Gasteiger partial charge >= 0.3 is 0 Å². The Hall–Kier alpha value is -0.120. The molecule has 0 amide bonds. The van der Waals surface area contributed by atoms with Crippen molar-refractivity contribution in [1.29, 1.82) is 0 Å². The lowest BCUT2D eigenvalue weighted by molar-refractivity contribution is 0.0279. The Kier molecular flexibility index (Phi) is 5.46. The van der Waals surface area contributed by atoms with E-state index in [1.165, 1.54) is 32.2 Å². The van der Waals surface area contributed by atoms with Crippen molar-refractivity contribution in [3.8, 4) is 0 Å². The van der Waals surface area contributed by atoms with Gasteiger partial charge in [-0.3, -0.25) is 0 Å². The third-order valence-corrected chi connectivity index (χ3v) is 4.75. The maximum Gasteiger partial charge on any atom is 0.0590 e. The molecule has 18 heavy (non-hydrogen) atoms. The minimum atomic E-state index is -0.0705. The van der Waals surface area contributed by atoms with E-state index in [2.05, 4.69) is 24.1 Å². The summed E-state index contributed by atoms with van der Waals surface area (Å²) in [7, 11) is 0. The zero-order chi connectivity index (χ0) is 13.0. The Morgan fingerprint density at radius 2 is 2.11 bits per heavy atom. The van der Waals surface area contributed by atoms with Gasteiger partial charge in [0.25, 0.3) is 0 Å². The van der Waals surface area contributed by atoms with Crippen LogP contribution in [0.2, 0.25) is 0 Å². The maximum atomic E-state index is 9.79. The molecular weight excluding hydrogens is 224 g/mol. The lowest BCUT2D eigenvalue weighted by atomic mass is 9.94. The molecule has 0 aromatic carbocycles. The van der Waals surface area contributed by atoms with Crippen molar-refractivity contribution >= 4 is 0 Å². The molecule has 4 unspecified atom stereocenters.